The van der Waals surface area contributed by atoms with Crippen LogP contribution in [0.3, 0.4) is 0 Å². The summed E-state index contributed by atoms with van der Waals surface area (Å²) in [5.41, 5.74) is 0. The van der Waals surface area contributed by atoms with Crippen molar-refractivity contribution in [2.75, 3.05) is 45.6 Å². The summed E-state index contributed by atoms with van der Waals surface area (Å²) in [5, 5.41) is 3.16. The fourth-order valence-electron chi connectivity index (χ4n) is 2.45. The van der Waals surface area contributed by atoms with E-state index in [-0.39, 0.29) is 18.1 Å². The first-order valence-electron chi connectivity index (χ1n) is 6.48. The van der Waals surface area contributed by atoms with Gasteiger partial charge >= 0.3 is 0 Å². The highest BCUT2D eigenvalue weighted by Crippen LogP contribution is 2.11. The molecule has 0 aromatic rings. The van der Waals surface area contributed by atoms with Crippen LogP contribution in [0.4, 0.5) is 0 Å². The molecule has 1 N–H and O–H groups in total. The Morgan fingerprint density at radius 1 is 1.26 bits per heavy atom. The maximum atomic E-state index is 12.3. The molecule has 110 valence electrons. The molecule has 2 rings (SSSR count). The molecule has 7 nitrogen and oxygen atoms in total. The fraction of sp³-hybridized carbons (Fsp3) is 0.909. The van der Waals surface area contributed by atoms with E-state index in [2.05, 4.69) is 5.32 Å². The lowest BCUT2D eigenvalue weighted by Gasteiger charge is -2.38. The van der Waals surface area contributed by atoms with Crippen LogP contribution in [0.15, 0.2) is 0 Å². The average molecular weight is 291 g/mol. The lowest BCUT2D eigenvalue weighted by molar-refractivity contribution is -0.140. The molecule has 8 heteroatoms. The van der Waals surface area contributed by atoms with Crippen molar-refractivity contribution in [2.24, 2.45) is 0 Å². The lowest BCUT2D eigenvalue weighted by atomic mass is 10.1. The molecule has 2 saturated heterocycles. The number of carbonyl (C=O) groups is 1. The monoisotopic (exact) mass is 291 g/mol. The first-order chi connectivity index (χ1) is 8.89. The van der Waals surface area contributed by atoms with E-state index in [4.69, 9.17) is 4.74 Å². The van der Waals surface area contributed by atoms with E-state index in [0.717, 1.165) is 0 Å². The molecule has 0 saturated carbocycles. The van der Waals surface area contributed by atoms with Crippen LogP contribution in [-0.4, -0.2) is 81.3 Å². The van der Waals surface area contributed by atoms with E-state index in [1.165, 1.54) is 10.6 Å². The van der Waals surface area contributed by atoms with Crippen LogP contribution in [0.2, 0.25) is 0 Å². The van der Waals surface area contributed by atoms with Crippen LogP contribution >= 0.6 is 0 Å². The Morgan fingerprint density at radius 3 is 2.42 bits per heavy atom. The Morgan fingerprint density at radius 2 is 1.89 bits per heavy atom. The van der Waals surface area contributed by atoms with Gasteiger partial charge in [0.15, 0.2) is 0 Å². The molecule has 2 atom stereocenters. The zero-order valence-corrected chi connectivity index (χ0v) is 12.1. The first kappa shape index (κ1) is 14.7. The normalized spacial score (nSPS) is 30.3. The van der Waals surface area contributed by atoms with Gasteiger partial charge in [-0.25, -0.2) is 8.42 Å². The molecule has 0 unspecified atom stereocenters. The number of morpholine rings is 1. The molecule has 2 fully saturated rings. The van der Waals surface area contributed by atoms with Crippen molar-refractivity contribution in [3.05, 3.63) is 0 Å². The molecule has 0 aromatic carbocycles. The van der Waals surface area contributed by atoms with Crippen molar-refractivity contribution in [1.82, 2.24) is 14.5 Å². The fourth-order valence-corrected chi connectivity index (χ4v) is 3.27. The van der Waals surface area contributed by atoms with Gasteiger partial charge in [0.1, 0.15) is 6.04 Å². The molecule has 0 spiro atoms. The number of sulfonamides is 1. The van der Waals surface area contributed by atoms with E-state index in [0.29, 0.717) is 39.3 Å². The largest absolute Gasteiger partial charge is 0.375 e. The molecule has 2 aliphatic rings. The van der Waals surface area contributed by atoms with E-state index in [1.54, 1.807) is 4.90 Å². The molecular formula is C11H21N3O4S. The number of nitrogens with one attached hydrogen (secondary N) is 1. The predicted molar refractivity (Wildman–Crippen MR) is 70.2 cm³/mol. The highest BCUT2D eigenvalue weighted by atomic mass is 32.2. The molecule has 2 aliphatic heterocycles. The van der Waals surface area contributed by atoms with E-state index >= 15 is 0 Å². The van der Waals surface area contributed by atoms with Gasteiger partial charge in [0.2, 0.25) is 15.9 Å². The second-order valence-electron chi connectivity index (χ2n) is 5.00. The van der Waals surface area contributed by atoms with Gasteiger partial charge in [-0.15, -0.1) is 0 Å². The smallest absolute Gasteiger partial charge is 0.242 e. The van der Waals surface area contributed by atoms with Crippen molar-refractivity contribution < 1.29 is 17.9 Å². The molecule has 0 radical (unpaired) electrons. The first-order valence-corrected chi connectivity index (χ1v) is 8.33. The summed E-state index contributed by atoms with van der Waals surface area (Å²) in [4.78, 5) is 14.0. The molecule has 0 bridgehead atoms. The Balaban J connectivity index is 1.92. The van der Waals surface area contributed by atoms with E-state index < -0.39 is 10.0 Å². The van der Waals surface area contributed by atoms with Crippen LogP contribution < -0.4 is 5.32 Å². The van der Waals surface area contributed by atoms with E-state index in [9.17, 15) is 13.2 Å². The third-order valence-corrected chi connectivity index (χ3v) is 4.91. The topological polar surface area (TPSA) is 79.0 Å². The van der Waals surface area contributed by atoms with Gasteiger partial charge in [0.25, 0.3) is 0 Å². The summed E-state index contributed by atoms with van der Waals surface area (Å²) >= 11 is 0. The maximum absolute atomic E-state index is 12.3. The second kappa shape index (κ2) is 5.74. The van der Waals surface area contributed by atoms with Gasteiger partial charge in [-0.3, -0.25) is 4.79 Å². The number of carbonyl (C=O) groups excluding carboxylic acids is 1. The quantitative estimate of drug-likeness (QED) is 0.667. The molecule has 1 amide bonds. The molecule has 0 aromatic heterocycles. The highest BCUT2D eigenvalue weighted by molar-refractivity contribution is 7.88. The average Bonchev–Trinajstić information content (AvgIpc) is 2.38. The third kappa shape index (κ3) is 3.44. The minimum absolute atomic E-state index is 0.000325. The summed E-state index contributed by atoms with van der Waals surface area (Å²) in [6.07, 6.45) is 1.05. The Kier molecular flexibility index (Phi) is 4.44. The van der Waals surface area contributed by atoms with Crippen LogP contribution in [0, 0.1) is 0 Å². The van der Waals surface area contributed by atoms with Gasteiger partial charge in [-0.1, -0.05) is 0 Å². The summed E-state index contributed by atoms with van der Waals surface area (Å²) in [6, 6.07) is -0.321. The maximum Gasteiger partial charge on any atom is 0.242 e. The van der Waals surface area contributed by atoms with Crippen LogP contribution in [-0.2, 0) is 19.6 Å². The van der Waals surface area contributed by atoms with Gasteiger partial charge in [-0.2, -0.15) is 4.31 Å². The third-order valence-electron chi connectivity index (χ3n) is 3.60. The van der Waals surface area contributed by atoms with Gasteiger partial charge < -0.3 is 15.0 Å². The molecule has 19 heavy (non-hydrogen) atoms. The Hall–Kier alpha value is -0.700. The number of hydrogen-bond donors (Lipinski definition) is 1. The minimum Gasteiger partial charge on any atom is -0.375 e. The van der Waals surface area contributed by atoms with E-state index in [1.807, 2.05) is 6.92 Å². The van der Waals surface area contributed by atoms with Crippen LogP contribution in [0.5, 0.6) is 0 Å². The Labute approximate surface area is 113 Å². The zero-order valence-electron chi connectivity index (χ0n) is 11.3. The number of nitrogens with zero attached hydrogens (tertiary/aromatic N) is 2. The number of rotatable bonds is 2. The van der Waals surface area contributed by atoms with Gasteiger partial charge in [0.05, 0.1) is 19.0 Å². The number of hydrogen-bond acceptors (Lipinski definition) is 5. The predicted octanol–water partition coefficient (Wildman–Crippen LogP) is -1.53. The molecule has 0 aliphatic carbocycles. The highest BCUT2D eigenvalue weighted by Gasteiger charge is 2.34. The molecule has 2 heterocycles. The summed E-state index contributed by atoms with van der Waals surface area (Å²) in [7, 11) is -3.16. The van der Waals surface area contributed by atoms with Crippen molar-refractivity contribution in [1.29, 1.82) is 0 Å². The molecular weight excluding hydrogens is 270 g/mol. The second-order valence-corrected chi connectivity index (χ2v) is 6.98. The standard InChI is InChI=1S/C11H21N3O4S/c1-9-10(12-3-8-18-9)11(15)13-4-6-14(7-5-13)19(2,16)17/h9-10,12H,3-8H2,1-2H3/t9-,10+/m1/s1. The van der Waals surface area contributed by atoms with Crippen molar-refractivity contribution in [2.45, 2.75) is 19.1 Å². The minimum atomic E-state index is -3.16. The summed E-state index contributed by atoms with van der Waals surface area (Å²) in [5.74, 6) is 0.000325. The van der Waals surface area contributed by atoms with Gasteiger partial charge in [0, 0.05) is 32.7 Å². The number of amides is 1. The summed E-state index contributed by atoms with van der Waals surface area (Å²) in [6.45, 7) is 4.78. The SMILES string of the molecule is C[C@H]1OCCN[C@@H]1C(=O)N1CCN(S(C)(=O)=O)CC1. The lowest BCUT2D eigenvalue weighted by Crippen LogP contribution is -2.60. The van der Waals surface area contributed by atoms with Crippen molar-refractivity contribution >= 4 is 15.9 Å². The van der Waals surface area contributed by atoms with Gasteiger partial charge in [-0.05, 0) is 6.92 Å². The number of ether oxygens (including phenoxy) is 1. The van der Waals surface area contributed by atoms with Crippen molar-refractivity contribution in [3.63, 3.8) is 0 Å². The zero-order chi connectivity index (χ0) is 14.0. The van der Waals surface area contributed by atoms with Crippen LogP contribution in [0.1, 0.15) is 6.92 Å². The Bertz CT molecular complexity index is 431. The number of piperazine rings is 1. The van der Waals surface area contributed by atoms with Crippen LogP contribution in [0.25, 0.3) is 0 Å². The summed E-state index contributed by atoms with van der Waals surface area (Å²) < 4.78 is 29.7. The van der Waals surface area contributed by atoms with Crippen molar-refractivity contribution in [3.8, 4) is 0 Å².